The number of nitrogens with zero attached hydrogens (tertiary/aromatic N) is 3. The Kier molecular flexibility index (Phi) is 8.81. The van der Waals surface area contributed by atoms with E-state index in [1.165, 1.54) is 0 Å². The molecule has 0 aliphatic carbocycles. The second-order valence-corrected chi connectivity index (χ2v) is 8.98. The molecule has 1 unspecified atom stereocenters. The number of nitrogens with one attached hydrogen (secondary N) is 3. The largest absolute Gasteiger partial charge is 0.444 e. The molecule has 0 spiro atoms. The van der Waals surface area contributed by atoms with Crippen molar-refractivity contribution in [3.05, 3.63) is 0 Å². The summed E-state index contributed by atoms with van der Waals surface area (Å²) in [5.74, 6) is 0.762. The quantitative estimate of drug-likeness (QED) is 0.470. The summed E-state index contributed by atoms with van der Waals surface area (Å²) in [6, 6.07) is 0.445. The fourth-order valence-corrected chi connectivity index (χ4v) is 2.77. The molecule has 1 aliphatic rings. The first-order valence-corrected chi connectivity index (χ1v) is 9.84. The Balaban J connectivity index is 2.59. The van der Waals surface area contributed by atoms with E-state index >= 15 is 0 Å². The van der Waals surface area contributed by atoms with E-state index in [9.17, 15) is 4.79 Å². The monoisotopic (exact) mass is 384 g/mol. The summed E-state index contributed by atoms with van der Waals surface area (Å²) >= 11 is 0. The zero-order chi connectivity index (χ0) is 20.7. The third-order valence-electron chi connectivity index (χ3n) is 4.30. The van der Waals surface area contributed by atoms with Crippen LogP contribution in [0.1, 0.15) is 41.5 Å². The van der Waals surface area contributed by atoms with Gasteiger partial charge >= 0.3 is 6.09 Å². The maximum absolute atomic E-state index is 12.0. The molecule has 8 nitrogen and oxygen atoms in total. The number of guanidine groups is 1. The Morgan fingerprint density at radius 1 is 1.15 bits per heavy atom. The van der Waals surface area contributed by atoms with Crippen LogP contribution in [-0.4, -0.2) is 92.4 Å². The van der Waals surface area contributed by atoms with Gasteiger partial charge in [-0.2, -0.15) is 0 Å². The standard InChI is InChI=1S/C19H40N6O2/c1-9-20-16(21-12-15-13-24(7)10-11-25(15)8)22-14-19(5,6)23-17(26)27-18(2,3)4/h15H,9-14H2,1-8H3,(H,23,26)(H2,20,21,22). The van der Waals surface area contributed by atoms with Gasteiger partial charge in [-0.05, 0) is 55.6 Å². The van der Waals surface area contributed by atoms with Gasteiger partial charge in [0.15, 0.2) is 5.96 Å². The minimum absolute atomic E-state index is 0.424. The number of carbonyl (C=O) groups is 1. The zero-order valence-corrected chi connectivity index (χ0v) is 18.5. The predicted octanol–water partition coefficient (Wildman–Crippen LogP) is 1.09. The van der Waals surface area contributed by atoms with Crippen LogP contribution in [-0.2, 0) is 4.74 Å². The molecule has 0 aromatic heterocycles. The van der Waals surface area contributed by atoms with Crippen LogP contribution < -0.4 is 16.0 Å². The number of hydrogen-bond acceptors (Lipinski definition) is 5. The van der Waals surface area contributed by atoms with Crippen LogP contribution in [0.15, 0.2) is 4.99 Å². The first-order valence-electron chi connectivity index (χ1n) is 9.84. The first kappa shape index (κ1) is 23.5. The van der Waals surface area contributed by atoms with Crippen LogP contribution in [0, 0.1) is 0 Å². The van der Waals surface area contributed by atoms with Crippen molar-refractivity contribution in [2.45, 2.75) is 58.7 Å². The van der Waals surface area contributed by atoms with Gasteiger partial charge in [-0.15, -0.1) is 0 Å². The topological polar surface area (TPSA) is 81.2 Å². The van der Waals surface area contributed by atoms with Crippen molar-refractivity contribution < 1.29 is 9.53 Å². The molecule has 0 aromatic carbocycles. The van der Waals surface area contributed by atoms with Crippen molar-refractivity contribution in [1.29, 1.82) is 0 Å². The van der Waals surface area contributed by atoms with Crippen molar-refractivity contribution in [2.24, 2.45) is 4.99 Å². The summed E-state index contributed by atoms with van der Waals surface area (Å²) in [6.45, 7) is 16.7. The average Bonchev–Trinajstić information content (AvgIpc) is 2.50. The number of rotatable bonds is 6. The highest BCUT2D eigenvalue weighted by Crippen LogP contribution is 2.10. The van der Waals surface area contributed by atoms with Gasteiger partial charge in [0.2, 0.25) is 0 Å². The first-order chi connectivity index (χ1) is 12.4. The molecule has 1 atom stereocenters. The van der Waals surface area contributed by atoms with E-state index in [0.29, 0.717) is 12.6 Å². The molecule has 0 aromatic rings. The van der Waals surface area contributed by atoms with Gasteiger partial charge < -0.3 is 25.6 Å². The molecule has 1 heterocycles. The molecule has 8 heteroatoms. The van der Waals surface area contributed by atoms with Gasteiger partial charge in [0.05, 0.1) is 12.1 Å². The molecule has 0 radical (unpaired) electrons. The highest BCUT2D eigenvalue weighted by atomic mass is 16.6. The van der Waals surface area contributed by atoms with Crippen LogP contribution in [0.5, 0.6) is 0 Å². The second kappa shape index (κ2) is 10.1. The Bertz CT molecular complexity index is 501. The average molecular weight is 385 g/mol. The van der Waals surface area contributed by atoms with E-state index in [-0.39, 0.29) is 0 Å². The molecule has 1 rings (SSSR count). The molecule has 1 amide bonds. The normalized spacial score (nSPS) is 20.3. The van der Waals surface area contributed by atoms with Crippen molar-refractivity contribution in [2.75, 3.05) is 53.4 Å². The second-order valence-electron chi connectivity index (χ2n) is 8.98. The summed E-state index contributed by atoms with van der Waals surface area (Å²) < 4.78 is 5.34. The van der Waals surface area contributed by atoms with Gasteiger partial charge in [0.1, 0.15) is 5.60 Å². The summed E-state index contributed by atoms with van der Waals surface area (Å²) in [4.78, 5) is 21.4. The SMILES string of the molecule is CCNC(=NCC(C)(C)NC(=O)OC(C)(C)C)NCC1CN(C)CCN1C. The summed E-state index contributed by atoms with van der Waals surface area (Å²) in [7, 11) is 4.32. The highest BCUT2D eigenvalue weighted by Gasteiger charge is 2.25. The van der Waals surface area contributed by atoms with Crippen LogP contribution in [0.25, 0.3) is 0 Å². The van der Waals surface area contributed by atoms with E-state index in [0.717, 1.165) is 38.7 Å². The van der Waals surface area contributed by atoms with Crippen LogP contribution in [0.3, 0.4) is 0 Å². The lowest BCUT2D eigenvalue weighted by Crippen LogP contribution is -2.55. The number of carbonyl (C=O) groups excluding carboxylic acids is 1. The Hall–Kier alpha value is -1.54. The molecule has 0 saturated carbocycles. The minimum Gasteiger partial charge on any atom is -0.444 e. The highest BCUT2D eigenvalue weighted by molar-refractivity contribution is 5.80. The Morgan fingerprint density at radius 3 is 2.41 bits per heavy atom. The molecule has 1 fully saturated rings. The number of hydrogen-bond donors (Lipinski definition) is 3. The van der Waals surface area contributed by atoms with E-state index in [4.69, 9.17) is 4.74 Å². The van der Waals surface area contributed by atoms with Crippen LogP contribution in [0.2, 0.25) is 0 Å². The van der Waals surface area contributed by atoms with Crippen molar-refractivity contribution in [3.63, 3.8) is 0 Å². The lowest BCUT2D eigenvalue weighted by Gasteiger charge is -2.38. The third kappa shape index (κ3) is 9.81. The summed E-state index contributed by atoms with van der Waals surface area (Å²) in [5.41, 5.74) is -1.02. The van der Waals surface area contributed by atoms with Gasteiger partial charge in [0.25, 0.3) is 0 Å². The van der Waals surface area contributed by atoms with Crippen molar-refractivity contribution in [3.8, 4) is 0 Å². The number of amides is 1. The van der Waals surface area contributed by atoms with Crippen LogP contribution >= 0.6 is 0 Å². The lowest BCUT2D eigenvalue weighted by atomic mass is 10.1. The Morgan fingerprint density at radius 2 is 1.81 bits per heavy atom. The molecule has 1 aliphatic heterocycles. The van der Waals surface area contributed by atoms with E-state index in [1.54, 1.807) is 0 Å². The summed E-state index contributed by atoms with van der Waals surface area (Å²) in [6.07, 6.45) is -0.424. The van der Waals surface area contributed by atoms with Gasteiger partial charge in [-0.1, -0.05) is 0 Å². The molecule has 1 saturated heterocycles. The number of alkyl carbamates (subject to hydrolysis) is 1. The molecular weight excluding hydrogens is 344 g/mol. The third-order valence-corrected chi connectivity index (χ3v) is 4.30. The minimum atomic E-state index is -0.515. The number of aliphatic imine (C=N–C) groups is 1. The molecule has 3 N–H and O–H groups in total. The maximum Gasteiger partial charge on any atom is 0.408 e. The lowest BCUT2D eigenvalue weighted by molar-refractivity contribution is 0.0476. The van der Waals surface area contributed by atoms with E-state index in [1.807, 2.05) is 41.5 Å². The molecular formula is C19H40N6O2. The fraction of sp³-hybridized carbons (Fsp3) is 0.895. The fourth-order valence-electron chi connectivity index (χ4n) is 2.77. The number of likely N-dealkylation sites (N-methyl/N-ethyl adjacent to an activating group) is 2. The van der Waals surface area contributed by atoms with Crippen LogP contribution in [0.4, 0.5) is 4.79 Å². The molecule has 158 valence electrons. The van der Waals surface area contributed by atoms with Gasteiger partial charge in [0, 0.05) is 38.8 Å². The zero-order valence-electron chi connectivity index (χ0n) is 18.5. The van der Waals surface area contributed by atoms with Gasteiger partial charge in [-0.25, -0.2) is 4.79 Å². The predicted molar refractivity (Wildman–Crippen MR) is 111 cm³/mol. The summed E-state index contributed by atoms with van der Waals surface area (Å²) in [5, 5.41) is 9.60. The maximum atomic E-state index is 12.0. The smallest absolute Gasteiger partial charge is 0.408 e. The number of ether oxygens (including phenoxy) is 1. The number of piperazine rings is 1. The van der Waals surface area contributed by atoms with E-state index < -0.39 is 17.2 Å². The van der Waals surface area contributed by atoms with Crippen molar-refractivity contribution >= 4 is 12.1 Å². The van der Waals surface area contributed by atoms with Gasteiger partial charge in [-0.3, -0.25) is 9.89 Å². The van der Waals surface area contributed by atoms with Crippen molar-refractivity contribution in [1.82, 2.24) is 25.8 Å². The molecule has 0 bridgehead atoms. The molecule has 27 heavy (non-hydrogen) atoms. The van der Waals surface area contributed by atoms with E-state index in [2.05, 4.69) is 44.8 Å². The Labute approximate surface area is 165 Å².